The molecule has 0 bridgehead atoms. The van der Waals surface area contributed by atoms with Crippen molar-refractivity contribution in [3.05, 3.63) is 62.5 Å². The number of carbonyl (C=O) groups excluding carboxylic acids is 2. The molecule has 0 heterocycles. The van der Waals surface area contributed by atoms with Crippen LogP contribution < -0.4 is 5.32 Å². The molecule has 0 fully saturated rings. The van der Waals surface area contributed by atoms with Crippen LogP contribution in [-0.4, -0.2) is 30.3 Å². The highest BCUT2D eigenvalue weighted by Gasteiger charge is 2.17. The van der Waals surface area contributed by atoms with Gasteiger partial charge in [-0.25, -0.2) is 0 Å². The Bertz CT molecular complexity index is 753. The lowest BCUT2D eigenvalue weighted by molar-refractivity contribution is -0.116. The Morgan fingerprint density at radius 3 is 2.57 bits per heavy atom. The molecular formula is C16H13BrCl2N2O2. The maximum atomic E-state index is 12.3. The molecule has 7 heteroatoms. The van der Waals surface area contributed by atoms with E-state index in [4.69, 9.17) is 23.2 Å². The van der Waals surface area contributed by atoms with Crippen molar-refractivity contribution in [1.29, 1.82) is 0 Å². The van der Waals surface area contributed by atoms with Crippen LogP contribution in [0.3, 0.4) is 0 Å². The van der Waals surface area contributed by atoms with E-state index in [-0.39, 0.29) is 18.4 Å². The van der Waals surface area contributed by atoms with E-state index in [0.29, 0.717) is 21.3 Å². The van der Waals surface area contributed by atoms with E-state index < -0.39 is 0 Å². The third-order valence-corrected chi connectivity index (χ3v) is 4.04. The van der Waals surface area contributed by atoms with Gasteiger partial charge < -0.3 is 10.2 Å². The second-order valence-electron chi connectivity index (χ2n) is 4.84. The number of halogens is 3. The first-order valence-electron chi connectivity index (χ1n) is 6.63. The van der Waals surface area contributed by atoms with Crippen LogP contribution in [0.1, 0.15) is 10.4 Å². The van der Waals surface area contributed by atoms with Gasteiger partial charge in [0.05, 0.1) is 17.1 Å². The number of hydrogen-bond acceptors (Lipinski definition) is 2. The molecule has 4 nitrogen and oxygen atoms in total. The molecule has 0 unspecified atom stereocenters. The van der Waals surface area contributed by atoms with Crippen LogP contribution in [0.4, 0.5) is 5.69 Å². The molecule has 120 valence electrons. The van der Waals surface area contributed by atoms with E-state index in [9.17, 15) is 9.59 Å². The van der Waals surface area contributed by atoms with Crippen molar-refractivity contribution in [2.24, 2.45) is 0 Å². The van der Waals surface area contributed by atoms with Crippen LogP contribution in [-0.2, 0) is 4.79 Å². The minimum absolute atomic E-state index is 0.0995. The Morgan fingerprint density at radius 1 is 1.17 bits per heavy atom. The first-order valence-corrected chi connectivity index (χ1v) is 8.17. The van der Waals surface area contributed by atoms with Gasteiger partial charge in [0.2, 0.25) is 5.91 Å². The van der Waals surface area contributed by atoms with E-state index in [1.54, 1.807) is 42.5 Å². The SMILES string of the molecule is CN(CC(=O)Nc1cccc(Cl)c1)C(=O)c1ccc(Br)cc1Cl. The van der Waals surface area contributed by atoms with Crippen LogP contribution in [0, 0.1) is 0 Å². The number of nitrogens with one attached hydrogen (secondary N) is 1. The maximum Gasteiger partial charge on any atom is 0.255 e. The van der Waals surface area contributed by atoms with Gasteiger partial charge in [-0.15, -0.1) is 0 Å². The summed E-state index contributed by atoms with van der Waals surface area (Å²) in [6.07, 6.45) is 0. The van der Waals surface area contributed by atoms with E-state index in [0.717, 1.165) is 4.47 Å². The summed E-state index contributed by atoms with van der Waals surface area (Å²) in [5.74, 6) is -0.653. The van der Waals surface area contributed by atoms with E-state index in [1.165, 1.54) is 11.9 Å². The van der Waals surface area contributed by atoms with Crippen LogP contribution >= 0.6 is 39.1 Å². The van der Waals surface area contributed by atoms with Gasteiger partial charge >= 0.3 is 0 Å². The van der Waals surface area contributed by atoms with E-state index in [2.05, 4.69) is 21.2 Å². The molecule has 0 atom stereocenters. The third kappa shape index (κ3) is 4.96. The molecule has 2 aromatic carbocycles. The lowest BCUT2D eigenvalue weighted by atomic mass is 10.2. The number of likely N-dealkylation sites (N-methyl/N-ethyl adjacent to an activating group) is 1. The molecule has 0 aromatic heterocycles. The number of benzene rings is 2. The smallest absolute Gasteiger partial charge is 0.255 e. The Morgan fingerprint density at radius 2 is 1.91 bits per heavy atom. The standard InChI is InChI=1S/C16H13BrCl2N2O2/c1-21(16(23)13-6-5-10(17)7-14(13)19)9-15(22)20-12-4-2-3-11(18)8-12/h2-8H,9H2,1H3,(H,20,22). The zero-order valence-electron chi connectivity index (χ0n) is 12.1. The predicted molar refractivity (Wildman–Crippen MR) is 96.2 cm³/mol. The summed E-state index contributed by atoms with van der Waals surface area (Å²) in [5.41, 5.74) is 0.915. The Hall–Kier alpha value is -1.56. The summed E-state index contributed by atoms with van der Waals surface area (Å²) in [6.45, 7) is -0.0995. The van der Waals surface area contributed by atoms with Gasteiger partial charge in [-0.1, -0.05) is 45.2 Å². The summed E-state index contributed by atoms with van der Waals surface area (Å²) < 4.78 is 0.778. The van der Waals surface area contributed by atoms with Crippen LogP contribution in [0.25, 0.3) is 0 Å². The molecule has 2 amide bonds. The second-order valence-corrected chi connectivity index (χ2v) is 6.60. The predicted octanol–water partition coefficient (Wildman–Crippen LogP) is 4.47. The van der Waals surface area contributed by atoms with E-state index >= 15 is 0 Å². The molecule has 0 aliphatic heterocycles. The summed E-state index contributed by atoms with van der Waals surface area (Å²) in [4.78, 5) is 25.7. The number of anilines is 1. The van der Waals surface area contributed by atoms with Gasteiger partial charge in [0, 0.05) is 22.2 Å². The zero-order chi connectivity index (χ0) is 17.0. The number of rotatable bonds is 4. The highest BCUT2D eigenvalue weighted by Crippen LogP contribution is 2.22. The number of amides is 2. The largest absolute Gasteiger partial charge is 0.332 e. The maximum absolute atomic E-state index is 12.3. The molecular weight excluding hydrogens is 403 g/mol. The number of carbonyl (C=O) groups is 2. The van der Waals surface area contributed by atoms with Gasteiger partial charge in [-0.05, 0) is 36.4 Å². The van der Waals surface area contributed by atoms with Crippen molar-refractivity contribution in [2.45, 2.75) is 0 Å². The zero-order valence-corrected chi connectivity index (χ0v) is 15.2. The third-order valence-electron chi connectivity index (χ3n) is 3.00. The molecule has 0 aliphatic carbocycles. The van der Waals surface area contributed by atoms with Crippen molar-refractivity contribution in [2.75, 3.05) is 18.9 Å². The fourth-order valence-corrected chi connectivity index (χ4v) is 2.87. The fraction of sp³-hybridized carbons (Fsp3) is 0.125. The molecule has 0 saturated heterocycles. The number of nitrogens with zero attached hydrogens (tertiary/aromatic N) is 1. The quantitative estimate of drug-likeness (QED) is 0.800. The summed E-state index contributed by atoms with van der Waals surface area (Å²) in [6, 6.07) is 11.8. The topological polar surface area (TPSA) is 49.4 Å². The van der Waals surface area contributed by atoms with Crippen LogP contribution in [0.5, 0.6) is 0 Å². The molecule has 1 N–H and O–H groups in total. The molecule has 0 aliphatic rings. The first-order chi connectivity index (χ1) is 10.9. The Labute approximate surface area is 152 Å². The minimum atomic E-state index is -0.330. The monoisotopic (exact) mass is 414 g/mol. The fourth-order valence-electron chi connectivity index (χ4n) is 1.92. The van der Waals surface area contributed by atoms with Gasteiger partial charge in [0.25, 0.3) is 5.91 Å². The summed E-state index contributed by atoms with van der Waals surface area (Å²) in [7, 11) is 1.54. The Balaban J connectivity index is 2.01. The molecule has 2 rings (SSSR count). The van der Waals surface area contributed by atoms with Crippen LogP contribution in [0.2, 0.25) is 10.0 Å². The molecule has 23 heavy (non-hydrogen) atoms. The van der Waals surface area contributed by atoms with Gasteiger partial charge in [-0.2, -0.15) is 0 Å². The molecule has 0 radical (unpaired) electrons. The van der Waals surface area contributed by atoms with Gasteiger partial charge in [0.15, 0.2) is 0 Å². The van der Waals surface area contributed by atoms with Gasteiger partial charge in [-0.3, -0.25) is 9.59 Å². The second kappa shape index (κ2) is 7.81. The van der Waals surface area contributed by atoms with Gasteiger partial charge in [0.1, 0.15) is 0 Å². The molecule has 0 saturated carbocycles. The minimum Gasteiger partial charge on any atom is -0.332 e. The average molecular weight is 416 g/mol. The molecule has 0 spiro atoms. The van der Waals surface area contributed by atoms with Crippen molar-refractivity contribution < 1.29 is 9.59 Å². The highest BCUT2D eigenvalue weighted by atomic mass is 79.9. The normalized spacial score (nSPS) is 10.3. The van der Waals surface area contributed by atoms with E-state index in [1.807, 2.05) is 0 Å². The Kier molecular flexibility index (Phi) is 6.04. The number of hydrogen-bond donors (Lipinski definition) is 1. The van der Waals surface area contributed by atoms with Crippen molar-refractivity contribution >= 4 is 56.6 Å². The lowest BCUT2D eigenvalue weighted by Gasteiger charge is -2.17. The summed E-state index contributed by atoms with van der Waals surface area (Å²) in [5, 5.41) is 3.53. The lowest BCUT2D eigenvalue weighted by Crippen LogP contribution is -2.35. The molecule has 2 aromatic rings. The summed E-state index contributed by atoms with van der Waals surface area (Å²) >= 11 is 15.2. The average Bonchev–Trinajstić information content (AvgIpc) is 2.46. The van der Waals surface area contributed by atoms with Crippen molar-refractivity contribution in [3.8, 4) is 0 Å². The van der Waals surface area contributed by atoms with Crippen LogP contribution in [0.15, 0.2) is 46.9 Å². The highest BCUT2D eigenvalue weighted by molar-refractivity contribution is 9.10. The van der Waals surface area contributed by atoms with Crippen molar-refractivity contribution in [3.63, 3.8) is 0 Å². The van der Waals surface area contributed by atoms with Crippen molar-refractivity contribution in [1.82, 2.24) is 4.90 Å². The first kappa shape index (κ1) is 17.8.